The van der Waals surface area contributed by atoms with Crippen LogP contribution in [0.1, 0.15) is 46.7 Å². The Morgan fingerprint density at radius 3 is 2.55 bits per heavy atom. The Labute approximate surface area is 232 Å². The summed E-state index contributed by atoms with van der Waals surface area (Å²) < 4.78 is 44.5. The van der Waals surface area contributed by atoms with Gasteiger partial charge in [0, 0.05) is 28.1 Å². The first-order valence-corrected chi connectivity index (χ1v) is 12.6. The molecule has 4 N–H and O–H groups in total. The Morgan fingerprint density at radius 1 is 1.20 bits per heavy atom. The lowest BCUT2D eigenvalue weighted by molar-refractivity contribution is -0.144. The molecule has 0 unspecified atom stereocenters. The summed E-state index contributed by atoms with van der Waals surface area (Å²) in [7, 11) is 0. The Hall–Kier alpha value is -4.19. The number of hydrogen-bond donors (Lipinski definition) is 3. The van der Waals surface area contributed by atoms with Crippen LogP contribution in [-0.4, -0.2) is 40.9 Å². The van der Waals surface area contributed by atoms with Crippen LogP contribution in [0, 0.1) is 19.8 Å². The van der Waals surface area contributed by atoms with Crippen LogP contribution >= 0.6 is 11.6 Å². The minimum absolute atomic E-state index is 0.0753. The molecule has 3 aromatic rings. The number of aliphatic imine (C=N–C) groups is 1. The molecule has 0 fully saturated rings. The lowest BCUT2D eigenvalue weighted by Crippen LogP contribution is -2.47. The number of benzodiazepines with no additional fused rings is 1. The van der Waals surface area contributed by atoms with Crippen molar-refractivity contribution in [2.45, 2.75) is 44.9 Å². The number of nitrogens with one attached hydrogen (secondary N) is 2. The van der Waals surface area contributed by atoms with Gasteiger partial charge in [0.1, 0.15) is 6.26 Å². The number of hydrogen-bond acceptors (Lipinski definition) is 6. The molecule has 0 saturated heterocycles. The van der Waals surface area contributed by atoms with E-state index >= 15 is 0 Å². The number of para-hydroxylation sites is 1. The number of fused-ring (bicyclic) bond motifs is 1. The van der Waals surface area contributed by atoms with E-state index in [1.165, 1.54) is 6.92 Å². The Morgan fingerprint density at radius 2 is 1.93 bits per heavy atom. The van der Waals surface area contributed by atoms with Crippen LogP contribution in [0.4, 0.5) is 18.9 Å². The number of nitrogens with zero attached hydrogens (tertiary/aromatic N) is 2. The van der Waals surface area contributed by atoms with Gasteiger partial charge in [-0.15, -0.1) is 0 Å². The van der Waals surface area contributed by atoms with Crippen molar-refractivity contribution < 1.29 is 32.1 Å². The van der Waals surface area contributed by atoms with Crippen molar-refractivity contribution in [3.05, 3.63) is 81.7 Å². The van der Waals surface area contributed by atoms with Crippen LogP contribution in [0.2, 0.25) is 5.02 Å². The van der Waals surface area contributed by atoms with Crippen molar-refractivity contribution in [2.24, 2.45) is 16.6 Å². The molecular weight excluding hydrogens is 551 g/mol. The molecule has 3 atom stereocenters. The van der Waals surface area contributed by atoms with Crippen molar-refractivity contribution in [1.29, 1.82) is 0 Å². The second-order valence-corrected chi connectivity index (χ2v) is 9.82. The summed E-state index contributed by atoms with van der Waals surface area (Å²) in [6.45, 7) is 3.24. The van der Waals surface area contributed by atoms with E-state index in [9.17, 15) is 27.6 Å². The zero-order chi connectivity index (χ0) is 29.2. The van der Waals surface area contributed by atoms with Gasteiger partial charge in [0.2, 0.25) is 18.0 Å². The maximum Gasteiger partial charge on any atom is 0.389 e. The van der Waals surface area contributed by atoms with Gasteiger partial charge in [-0.2, -0.15) is 13.2 Å². The number of anilines is 1. The molecule has 40 heavy (non-hydrogen) atoms. The standard InChI is InChI=1S/C27H25ClF3N5O4/c1-13-5-3-8-18-21(13)34-26(39)24(33-22(18)15-6-4-7-16(28)11-15)35-25(38)17(9-10-27(29,30)31)20(23(32)37)19-12-40-36-14(19)2/h3-8,11-12,17,20,24H,9-10H2,1-2H3,(H2,32,37)(H,34,39)(H,35,38)/t17-,20-,24-/m1/s1. The molecule has 13 heteroatoms. The van der Waals surface area contributed by atoms with Gasteiger partial charge in [-0.1, -0.05) is 47.1 Å². The molecule has 9 nitrogen and oxygen atoms in total. The largest absolute Gasteiger partial charge is 0.389 e. The van der Waals surface area contributed by atoms with E-state index in [4.69, 9.17) is 21.9 Å². The predicted molar refractivity (Wildman–Crippen MR) is 141 cm³/mol. The molecule has 0 radical (unpaired) electrons. The molecule has 2 heterocycles. The number of carbonyl (C=O) groups is 3. The van der Waals surface area contributed by atoms with Gasteiger partial charge in [-0.05, 0) is 38.0 Å². The highest BCUT2D eigenvalue weighted by molar-refractivity contribution is 6.31. The van der Waals surface area contributed by atoms with E-state index < -0.39 is 54.7 Å². The molecular formula is C27H25ClF3N5O4. The van der Waals surface area contributed by atoms with Crippen LogP contribution < -0.4 is 16.4 Å². The number of primary amides is 1. The molecule has 0 saturated carbocycles. The number of nitrogens with two attached hydrogens (primary N) is 1. The Kier molecular flexibility index (Phi) is 8.29. The molecule has 2 aromatic carbocycles. The number of carbonyl (C=O) groups excluding carboxylic acids is 3. The van der Waals surface area contributed by atoms with Gasteiger partial charge in [0.25, 0.3) is 5.91 Å². The number of halogens is 4. The second kappa shape index (κ2) is 11.5. The van der Waals surface area contributed by atoms with Crippen LogP contribution in [0.5, 0.6) is 0 Å². The van der Waals surface area contributed by atoms with E-state index in [1.807, 2.05) is 0 Å². The van der Waals surface area contributed by atoms with Crippen molar-refractivity contribution in [3.8, 4) is 0 Å². The lowest BCUT2D eigenvalue weighted by atomic mass is 9.82. The first kappa shape index (κ1) is 28.8. The Bertz CT molecular complexity index is 1490. The maximum absolute atomic E-state index is 13.6. The first-order valence-electron chi connectivity index (χ1n) is 12.2. The summed E-state index contributed by atoms with van der Waals surface area (Å²) in [6.07, 6.45) is -7.28. The number of amides is 3. The van der Waals surface area contributed by atoms with Crippen molar-refractivity contribution in [1.82, 2.24) is 10.5 Å². The average molecular weight is 576 g/mol. The van der Waals surface area contributed by atoms with E-state index in [2.05, 4.69) is 20.8 Å². The highest BCUT2D eigenvalue weighted by atomic mass is 35.5. The molecule has 1 aliphatic heterocycles. The van der Waals surface area contributed by atoms with Gasteiger partial charge >= 0.3 is 6.18 Å². The summed E-state index contributed by atoms with van der Waals surface area (Å²) in [5.74, 6) is -5.91. The average Bonchev–Trinajstić information content (AvgIpc) is 3.23. The fraction of sp³-hybridized carbons (Fsp3) is 0.296. The van der Waals surface area contributed by atoms with Gasteiger partial charge in [0.15, 0.2) is 0 Å². The summed E-state index contributed by atoms with van der Waals surface area (Å²) in [5.41, 5.74) is 8.40. The third-order valence-electron chi connectivity index (χ3n) is 6.57. The highest BCUT2D eigenvalue weighted by Gasteiger charge is 2.40. The number of aryl methyl sites for hydroxylation is 2. The minimum Gasteiger partial charge on any atom is -0.369 e. The van der Waals surface area contributed by atoms with Crippen LogP contribution in [0.3, 0.4) is 0 Å². The smallest absolute Gasteiger partial charge is 0.369 e. The molecule has 0 aliphatic carbocycles. The minimum atomic E-state index is -4.62. The van der Waals surface area contributed by atoms with Crippen molar-refractivity contribution >= 4 is 40.7 Å². The maximum atomic E-state index is 13.6. The Balaban J connectivity index is 1.76. The third kappa shape index (κ3) is 6.33. The fourth-order valence-electron chi connectivity index (χ4n) is 4.62. The van der Waals surface area contributed by atoms with E-state index in [-0.39, 0.29) is 11.3 Å². The van der Waals surface area contributed by atoms with Crippen molar-refractivity contribution in [3.63, 3.8) is 0 Å². The number of alkyl halides is 3. The van der Waals surface area contributed by atoms with E-state index in [0.29, 0.717) is 33.1 Å². The SMILES string of the molecule is Cc1cccc2c1NC(=O)[C@@H](NC(=O)[C@H](CCC(F)(F)F)[C@@H](C(N)=O)c1conc1C)N=C2c1cccc(Cl)c1. The van der Waals surface area contributed by atoms with Gasteiger partial charge < -0.3 is 20.9 Å². The summed E-state index contributed by atoms with van der Waals surface area (Å²) >= 11 is 6.20. The molecule has 0 spiro atoms. The first-order chi connectivity index (χ1) is 18.9. The number of aromatic nitrogens is 1. The molecule has 1 aliphatic rings. The predicted octanol–water partition coefficient (Wildman–Crippen LogP) is 4.40. The molecule has 1 aromatic heterocycles. The molecule has 210 valence electrons. The van der Waals surface area contributed by atoms with E-state index in [1.54, 1.807) is 49.4 Å². The fourth-order valence-corrected chi connectivity index (χ4v) is 4.81. The monoisotopic (exact) mass is 575 g/mol. The molecule has 4 rings (SSSR count). The molecule has 3 amide bonds. The van der Waals surface area contributed by atoms with Gasteiger partial charge in [0.05, 0.1) is 28.9 Å². The summed E-state index contributed by atoms with van der Waals surface area (Å²) in [4.78, 5) is 43.8. The topological polar surface area (TPSA) is 140 Å². The highest BCUT2D eigenvalue weighted by Crippen LogP contribution is 2.34. The van der Waals surface area contributed by atoms with Gasteiger partial charge in [-0.3, -0.25) is 14.4 Å². The zero-order valence-electron chi connectivity index (χ0n) is 21.4. The van der Waals surface area contributed by atoms with Gasteiger partial charge in [-0.25, -0.2) is 4.99 Å². The normalized spacial score (nSPS) is 16.7. The summed E-state index contributed by atoms with van der Waals surface area (Å²) in [6, 6.07) is 12.0. The van der Waals surface area contributed by atoms with E-state index in [0.717, 1.165) is 6.26 Å². The van der Waals surface area contributed by atoms with Crippen LogP contribution in [0.15, 0.2) is 58.2 Å². The lowest BCUT2D eigenvalue weighted by Gasteiger charge is -2.25. The quantitative estimate of drug-likeness (QED) is 0.365. The van der Waals surface area contributed by atoms with Crippen LogP contribution in [0.25, 0.3) is 0 Å². The van der Waals surface area contributed by atoms with Crippen molar-refractivity contribution in [2.75, 3.05) is 5.32 Å². The third-order valence-corrected chi connectivity index (χ3v) is 6.80. The second-order valence-electron chi connectivity index (χ2n) is 9.38. The van der Waals surface area contributed by atoms with Crippen LogP contribution in [-0.2, 0) is 14.4 Å². The zero-order valence-corrected chi connectivity index (χ0v) is 22.1. The molecule has 0 bridgehead atoms. The summed E-state index contributed by atoms with van der Waals surface area (Å²) in [5, 5.41) is 9.24. The number of benzene rings is 2. The number of rotatable bonds is 8.